The van der Waals surface area contributed by atoms with E-state index in [-0.39, 0.29) is 5.91 Å². The lowest BCUT2D eigenvalue weighted by molar-refractivity contribution is 0.102. The number of ether oxygens (including phenoxy) is 1. The maximum Gasteiger partial charge on any atom is 0.255 e. The first kappa shape index (κ1) is 19.2. The van der Waals surface area contributed by atoms with Gasteiger partial charge >= 0.3 is 0 Å². The SMILES string of the molecule is COc1ccccc1NC(=O)c1ccc(NCc2nc(-c3ccccc3)no2)cc1. The second kappa shape index (κ2) is 8.91. The van der Waals surface area contributed by atoms with Crippen LogP contribution in [0.2, 0.25) is 0 Å². The number of hydrogen-bond acceptors (Lipinski definition) is 6. The first-order chi connectivity index (χ1) is 14.7. The van der Waals surface area contributed by atoms with E-state index in [1.54, 1.807) is 31.4 Å². The summed E-state index contributed by atoms with van der Waals surface area (Å²) in [6.07, 6.45) is 0. The van der Waals surface area contributed by atoms with Gasteiger partial charge in [0.05, 0.1) is 19.3 Å². The lowest BCUT2D eigenvalue weighted by Crippen LogP contribution is -2.12. The number of carbonyl (C=O) groups excluding carboxylic acids is 1. The molecule has 0 radical (unpaired) electrons. The van der Waals surface area contributed by atoms with Crippen LogP contribution in [0.1, 0.15) is 16.2 Å². The molecule has 150 valence electrons. The van der Waals surface area contributed by atoms with Gasteiger partial charge in [0.1, 0.15) is 5.75 Å². The average molecular weight is 400 g/mol. The van der Waals surface area contributed by atoms with Gasteiger partial charge in [0.25, 0.3) is 5.91 Å². The predicted molar refractivity (Wildman–Crippen MR) is 114 cm³/mol. The number of hydrogen-bond donors (Lipinski definition) is 2. The highest BCUT2D eigenvalue weighted by Gasteiger charge is 2.10. The number of anilines is 2. The van der Waals surface area contributed by atoms with Crippen molar-refractivity contribution in [3.05, 3.63) is 90.3 Å². The third-order valence-electron chi connectivity index (χ3n) is 4.45. The molecular formula is C23H20N4O3. The third kappa shape index (κ3) is 4.47. The monoisotopic (exact) mass is 400 g/mol. The second-order valence-corrected chi connectivity index (χ2v) is 6.46. The molecule has 0 bridgehead atoms. The third-order valence-corrected chi connectivity index (χ3v) is 4.45. The van der Waals surface area contributed by atoms with Crippen LogP contribution in [0.15, 0.2) is 83.4 Å². The molecule has 0 aliphatic rings. The molecule has 0 unspecified atom stereocenters. The fourth-order valence-electron chi connectivity index (χ4n) is 2.89. The van der Waals surface area contributed by atoms with E-state index < -0.39 is 0 Å². The van der Waals surface area contributed by atoms with Crippen molar-refractivity contribution in [2.45, 2.75) is 6.54 Å². The molecule has 2 N–H and O–H groups in total. The number of aromatic nitrogens is 2. The van der Waals surface area contributed by atoms with E-state index in [1.807, 2.05) is 54.6 Å². The lowest BCUT2D eigenvalue weighted by Gasteiger charge is -2.10. The quantitative estimate of drug-likeness (QED) is 0.471. The molecule has 1 amide bonds. The molecule has 0 spiro atoms. The number of carbonyl (C=O) groups is 1. The van der Waals surface area contributed by atoms with Crippen molar-refractivity contribution in [1.82, 2.24) is 10.1 Å². The molecule has 0 saturated carbocycles. The summed E-state index contributed by atoms with van der Waals surface area (Å²) in [7, 11) is 1.57. The number of nitrogens with zero attached hydrogens (tertiary/aromatic N) is 2. The lowest BCUT2D eigenvalue weighted by atomic mass is 10.2. The number of para-hydroxylation sites is 2. The Morgan fingerprint density at radius 1 is 0.967 bits per heavy atom. The van der Waals surface area contributed by atoms with Crippen LogP contribution in [-0.2, 0) is 6.54 Å². The Hall–Kier alpha value is -4.13. The molecule has 7 heteroatoms. The maximum atomic E-state index is 12.5. The zero-order chi connectivity index (χ0) is 20.8. The molecule has 1 heterocycles. The van der Waals surface area contributed by atoms with Crippen molar-refractivity contribution < 1.29 is 14.1 Å². The Morgan fingerprint density at radius 3 is 2.47 bits per heavy atom. The summed E-state index contributed by atoms with van der Waals surface area (Å²) < 4.78 is 10.6. The molecule has 4 aromatic rings. The Morgan fingerprint density at radius 2 is 1.70 bits per heavy atom. The van der Waals surface area contributed by atoms with Gasteiger partial charge in [0.15, 0.2) is 0 Å². The Balaban J connectivity index is 1.36. The van der Waals surface area contributed by atoms with Crippen LogP contribution >= 0.6 is 0 Å². The fourth-order valence-corrected chi connectivity index (χ4v) is 2.89. The van der Waals surface area contributed by atoms with Gasteiger partial charge in [-0.25, -0.2) is 0 Å². The van der Waals surface area contributed by atoms with Gasteiger partial charge in [-0.2, -0.15) is 4.98 Å². The van der Waals surface area contributed by atoms with Crippen LogP contribution in [0.4, 0.5) is 11.4 Å². The van der Waals surface area contributed by atoms with Gasteiger partial charge in [0.2, 0.25) is 11.7 Å². The van der Waals surface area contributed by atoms with E-state index in [2.05, 4.69) is 20.8 Å². The minimum absolute atomic E-state index is 0.213. The molecule has 0 aliphatic heterocycles. The van der Waals surface area contributed by atoms with Crippen molar-refractivity contribution in [3.8, 4) is 17.1 Å². The van der Waals surface area contributed by atoms with Gasteiger partial charge in [-0.1, -0.05) is 47.6 Å². The van der Waals surface area contributed by atoms with Gasteiger partial charge in [0, 0.05) is 16.8 Å². The molecule has 7 nitrogen and oxygen atoms in total. The van der Waals surface area contributed by atoms with Gasteiger partial charge in [-0.05, 0) is 36.4 Å². The smallest absolute Gasteiger partial charge is 0.255 e. The van der Waals surface area contributed by atoms with E-state index in [0.29, 0.717) is 35.3 Å². The Bertz CT molecular complexity index is 1120. The zero-order valence-corrected chi connectivity index (χ0v) is 16.3. The molecule has 3 aromatic carbocycles. The summed E-state index contributed by atoms with van der Waals surface area (Å²) in [6, 6.07) is 24.1. The molecule has 0 aliphatic carbocycles. The predicted octanol–water partition coefficient (Wildman–Crippen LogP) is 4.61. The highest BCUT2D eigenvalue weighted by molar-refractivity contribution is 6.05. The molecule has 1 aromatic heterocycles. The first-order valence-electron chi connectivity index (χ1n) is 9.39. The van der Waals surface area contributed by atoms with Crippen molar-refractivity contribution in [1.29, 1.82) is 0 Å². The fraction of sp³-hybridized carbons (Fsp3) is 0.0870. The minimum Gasteiger partial charge on any atom is -0.495 e. The van der Waals surface area contributed by atoms with Crippen LogP contribution in [-0.4, -0.2) is 23.2 Å². The first-order valence-corrected chi connectivity index (χ1v) is 9.39. The molecular weight excluding hydrogens is 380 g/mol. The minimum atomic E-state index is -0.213. The van der Waals surface area contributed by atoms with E-state index in [9.17, 15) is 4.79 Å². The molecule has 30 heavy (non-hydrogen) atoms. The van der Waals surface area contributed by atoms with Crippen molar-refractivity contribution in [2.24, 2.45) is 0 Å². The van der Waals surface area contributed by atoms with E-state index in [0.717, 1.165) is 11.3 Å². The summed E-state index contributed by atoms with van der Waals surface area (Å²) in [6.45, 7) is 0.382. The summed E-state index contributed by atoms with van der Waals surface area (Å²) in [5, 5.41) is 10.1. The highest BCUT2D eigenvalue weighted by Crippen LogP contribution is 2.24. The largest absolute Gasteiger partial charge is 0.495 e. The van der Waals surface area contributed by atoms with E-state index in [4.69, 9.17) is 9.26 Å². The highest BCUT2D eigenvalue weighted by atomic mass is 16.5. The molecule has 0 atom stereocenters. The Kier molecular flexibility index (Phi) is 5.70. The summed E-state index contributed by atoms with van der Waals surface area (Å²) in [5.41, 5.74) is 2.90. The van der Waals surface area contributed by atoms with Crippen molar-refractivity contribution >= 4 is 17.3 Å². The van der Waals surface area contributed by atoms with Gasteiger partial charge in [-0.3, -0.25) is 4.79 Å². The summed E-state index contributed by atoms with van der Waals surface area (Å²) in [4.78, 5) is 16.9. The Labute approximate surface area is 173 Å². The van der Waals surface area contributed by atoms with Crippen molar-refractivity contribution in [3.63, 3.8) is 0 Å². The van der Waals surface area contributed by atoms with Crippen LogP contribution in [0.25, 0.3) is 11.4 Å². The number of amides is 1. The summed E-state index contributed by atoms with van der Waals surface area (Å²) >= 11 is 0. The normalized spacial score (nSPS) is 10.4. The van der Waals surface area contributed by atoms with Crippen LogP contribution in [0.5, 0.6) is 5.75 Å². The van der Waals surface area contributed by atoms with Crippen molar-refractivity contribution in [2.75, 3.05) is 17.7 Å². The standard InChI is InChI=1S/C23H20N4O3/c1-29-20-10-6-5-9-19(20)25-23(28)17-11-13-18(14-12-17)24-15-21-26-22(27-30-21)16-7-3-2-4-8-16/h2-14,24H,15H2,1H3,(H,25,28). The van der Waals surface area contributed by atoms with Crippen LogP contribution < -0.4 is 15.4 Å². The zero-order valence-electron chi connectivity index (χ0n) is 16.3. The maximum absolute atomic E-state index is 12.5. The molecule has 0 fully saturated rings. The van der Waals surface area contributed by atoms with E-state index >= 15 is 0 Å². The topological polar surface area (TPSA) is 89.3 Å². The van der Waals surface area contributed by atoms with Gasteiger partial charge < -0.3 is 19.9 Å². The number of rotatable bonds is 7. The second-order valence-electron chi connectivity index (χ2n) is 6.46. The van der Waals surface area contributed by atoms with E-state index in [1.165, 1.54) is 0 Å². The van der Waals surface area contributed by atoms with Crippen LogP contribution in [0, 0.1) is 0 Å². The molecule has 4 rings (SSSR count). The molecule has 0 saturated heterocycles. The summed E-state index contributed by atoms with van der Waals surface area (Å²) in [5.74, 6) is 1.43. The number of nitrogens with one attached hydrogen (secondary N) is 2. The van der Waals surface area contributed by atoms with Gasteiger partial charge in [-0.15, -0.1) is 0 Å². The van der Waals surface area contributed by atoms with Crippen LogP contribution in [0.3, 0.4) is 0 Å². The number of benzene rings is 3. The number of methoxy groups -OCH3 is 1. The average Bonchev–Trinajstić information content (AvgIpc) is 3.28.